The molecule has 0 bridgehead atoms. The first-order valence-corrected chi connectivity index (χ1v) is 8.89. The molecule has 1 aromatic rings. The lowest BCUT2D eigenvalue weighted by atomic mass is 9.53. The molecular formula is C19H24O6. The van der Waals surface area contributed by atoms with Crippen molar-refractivity contribution in [2.75, 3.05) is 6.61 Å². The lowest BCUT2D eigenvalue weighted by Gasteiger charge is -2.50. The molecule has 4 rings (SSSR count). The highest BCUT2D eigenvalue weighted by Crippen LogP contribution is 2.60. The molecule has 1 aromatic heterocycles. The number of fused-ring (bicyclic) bond motifs is 2. The molecule has 1 aliphatic heterocycles. The SMILES string of the molecule is C[C@@H]1CC(O)C2=C(CO)C[C@H](O)C[C@@H]2[C@@]12C[C@@H](c1ccoc1)OC2=O. The Morgan fingerprint density at radius 2 is 2.12 bits per heavy atom. The maximum atomic E-state index is 13.0. The van der Waals surface area contributed by atoms with Crippen LogP contribution in [0.5, 0.6) is 0 Å². The van der Waals surface area contributed by atoms with Crippen molar-refractivity contribution in [3.8, 4) is 0 Å². The number of esters is 1. The van der Waals surface area contributed by atoms with Gasteiger partial charge in [0.1, 0.15) is 6.10 Å². The van der Waals surface area contributed by atoms with E-state index >= 15 is 0 Å². The van der Waals surface area contributed by atoms with Gasteiger partial charge in [0.15, 0.2) is 0 Å². The molecule has 6 heteroatoms. The van der Waals surface area contributed by atoms with Gasteiger partial charge in [-0.05, 0) is 42.4 Å². The molecule has 1 spiro atoms. The fraction of sp³-hybridized carbons (Fsp3) is 0.632. The van der Waals surface area contributed by atoms with E-state index in [0.717, 1.165) is 11.1 Å². The Morgan fingerprint density at radius 3 is 2.80 bits per heavy atom. The summed E-state index contributed by atoms with van der Waals surface area (Å²) in [7, 11) is 0. The van der Waals surface area contributed by atoms with Crippen LogP contribution in [0, 0.1) is 17.3 Å². The van der Waals surface area contributed by atoms with Crippen molar-refractivity contribution in [1.82, 2.24) is 0 Å². The third kappa shape index (κ3) is 2.39. The average molecular weight is 348 g/mol. The van der Waals surface area contributed by atoms with E-state index in [0.29, 0.717) is 31.3 Å². The van der Waals surface area contributed by atoms with E-state index in [4.69, 9.17) is 9.15 Å². The van der Waals surface area contributed by atoms with Crippen LogP contribution in [0.4, 0.5) is 0 Å². The van der Waals surface area contributed by atoms with E-state index in [-0.39, 0.29) is 30.5 Å². The number of carbonyl (C=O) groups excluding carboxylic acids is 1. The normalized spacial score (nSPS) is 41.1. The molecule has 2 aliphatic carbocycles. The van der Waals surface area contributed by atoms with Gasteiger partial charge in [-0.2, -0.15) is 0 Å². The van der Waals surface area contributed by atoms with Gasteiger partial charge in [-0.15, -0.1) is 0 Å². The van der Waals surface area contributed by atoms with Gasteiger partial charge >= 0.3 is 5.97 Å². The predicted octanol–water partition coefficient (Wildman–Crippen LogP) is 1.71. The van der Waals surface area contributed by atoms with Crippen LogP contribution in [0.1, 0.15) is 44.3 Å². The highest BCUT2D eigenvalue weighted by atomic mass is 16.6. The number of aliphatic hydroxyl groups is 3. The smallest absolute Gasteiger partial charge is 0.313 e. The Morgan fingerprint density at radius 1 is 1.32 bits per heavy atom. The van der Waals surface area contributed by atoms with Crippen molar-refractivity contribution in [2.24, 2.45) is 17.3 Å². The third-order valence-corrected chi connectivity index (χ3v) is 6.47. The Balaban J connectivity index is 1.78. The standard InChI is InChI=1S/C19H24O6/c1-10-4-15(22)17-12(8-20)5-13(21)6-14(17)19(10)7-16(25-18(19)23)11-2-3-24-9-11/h2-3,9-10,13-16,20-22H,4-8H2,1H3/t10-,13+,14+,15?,16+,19-/m1/s1. The van der Waals surface area contributed by atoms with Crippen molar-refractivity contribution in [3.05, 3.63) is 35.3 Å². The quantitative estimate of drug-likeness (QED) is 0.556. The Hall–Kier alpha value is -1.63. The summed E-state index contributed by atoms with van der Waals surface area (Å²) >= 11 is 0. The van der Waals surface area contributed by atoms with Gasteiger partial charge in [0.25, 0.3) is 0 Å². The van der Waals surface area contributed by atoms with Crippen LogP contribution < -0.4 is 0 Å². The van der Waals surface area contributed by atoms with Crippen molar-refractivity contribution in [1.29, 1.82) is 0 Å². The molecule has 0 amide bonds. The van der Waals surface area contributed by atoms with E-state index in [1.54, 1.807) is 18.6 Å². The molecule has 3 aliphatic rings. The summed E-state index contributed by atoms with van der Waals surface area (Å²) in [6.07, 6.45) is 3.19. The molecule has 1 unspecified atom stereocenters. The Labute approximate surface area is 146 Å². The number of hydrogen-bond donors (Lipinski definition) is 3. The van der Waals surface area contributed by atoms with E-state index in [1.807, 2.05) is 6.92 Å². The second-order valence-electron chi connectivity index (χ2n) is 7.71. The van der Waals surface area contributed by atoms with E-state index < -0.39 is 17.6 Å². The minimum Gasteiger partial charge on any atom is -0.472 e. The summed E-state index contributed by atoms with van der Waals surface area (Å²) in [5, 5.41) is 30.7. The summed E-state index contributed by atoms with van der Waals surface area (Å²) in [6.45, 7) is 1.77. The molecule has 6 nitrogen and oxygen atoms in total. The van der Waals surface area contributed by atoms with Crippen LogP contribution in [-0.4, -0.2) is 40.1 Å². The molecule has 2 fully saturated rings. The van der Waals surface area contributed by atoms with Gasteiger partial charge < -0.3 is 24.5 Å². The van der Waals surface area contributed by atoms with Crippen LogP contribution in [-0.2, 0) is 9.53 Å². The zero-order valence-corrected chi connectivity index (χ0v) is 14.2. The summed E-state index contributed by atoms with van der Waals surface area (Å²) in [6, 6.07) is 1.80. The minimum atomic E-state index is -0.779. The maximum Gasteiger partial charge on any atom is 0.313 e. The van der Waals surface area contributed by atoms with Gasteiger partial charge in [0.05, 0.1) is 36.8 Å². The van der Waals surface area contributed by atoms with Crippen LogP contribution in [0.15, 0.2) is 34.2 Å². The van der Waals surface area contributed by atoms with Gasteiger partial charge in [0.2, 0.25) is 0 Å². The molecule has 1 saturated carbocycles. The number of ether oxygens (including phenoxy) is 1. The summed E-state index contributed by atoms with van der Waals surface area (Å²) in [5.41, 5.74) is 1.46. The minimum absolute atomic E-state index is 0.0779. The van der Waals surface area contributed by atoms with Crippen molar-refractivity contribution in [2.45, 2.75) is 50.9 Å². The van der Waals surface area contributed by atoms with Crippen LogP contribution in [0.3, 0.4) is 0 Å². The van der Waals surface area contributed by atoms with Crippen molar-refractivity contribution in [3.63, 3.8) is 0 Å². The van der Waals surface area contributed by atoms with Crippen molar-refractivity contribution >= 4 is 5.97 Å². The third-order valence-electron chi connectivity index (χ3n) is 6.47. The second kappa shape index (κ2) is 5.97. The first kappa shape index (κ1) is 16.8. The van der Waals surface area contributed by atoms with Gasteiger partial charge in [-0.3, -0.25) is 4.79 Å². The van der Waals surface area contributed by atoms with E-state index in [1.165, 1.54) is 0 Å². The second-order valence-corrected chi connectivity index (χ2v) is 7.71. The summed E-state index contributed by atoms with van der Waals surface area (Å²) in [4.78, 5) is 13.0. The lowest BCUT2D eigenvalue weighted by molar-refractivity contribution is -0.157. The summed E-state index contributed by atoms with van der Waals surface area (Å²) < 4.78 is 10.8. The fourth-order valence-electron chi connectivity index (χ4n) is 5.26. The molecule has 0 radical (unpaired) electrons. The number of rotatable bonds is 2. The molecule has 6 atom stereocenters. The zero-order chi connectivity index (χ0) is 17.8. The molecule has 1 saturated heterocycles. The predicted molar refractivity (Wildman–Crippen MR) is 87.2 cm³/mol. The first-order chi connectivity index (χ1) is 12.0. The maximum absolute atomic E-state index is 13.0. The highest BCUT2D eigenvalue weighted by molar-refractivity contribution is 5.81. The lowest BCUT2D eigenvalue weighted by Crippen LogP contribution is -2.52. The monoisotopic (exact) mass is 348 g/mol. The molecule has 0 aromatic carbocycles. The van der Waals surface area contributed by atoms with Gasteiger partial charge in [-0.25, -0.2) is 0 Å². The molecule has 3 N–H and O–H groups in total. The average Bonchev–Trinajstić information content (AvgIpc) is 3.20. The topological polar surface area (TPSA) is 100 Å². The van der Waals surface area contributed by atoms with Crippen molar-refractivity contribution < 1.29 is 29.3 Å². The number of aliphatic hydroxyl groups excluding tert-OH is 3. The van der Waals surface area contributed by atoms with E-state index in [9.17, 15) is 20.1 Å². The Bertz CT molecular complexity index is 693. The summed E-state index contributed by atoms with van der Waals surface area (Å²) in [5.74, 6) is -0.653. The van der Waals surface area contributed by atoms with Crippen LogP contribution >= 0.6 is 0 Å². The fourth-order valence-corrected chi connectivity index (χ4v) is 5.26. The zero-order valence-electron chi connectivity index (χ0n) is 14.2. The van der Waals surface area contributed by atoms with E-state index in [2.05, 4.69) is 0 Å². The molecule has 2 heterocycles. The van der Waals surface area contributed by atoms with Gasteiger partial charge in [-0.1, -0.05) is 6.92 Å². The van der Waals surface area contributed by atoms with Gasteiger partial charge in [0, 0.05) is 17.9 Å². The van der Waals surface area contributed by atoms with Crippen LogP contribution in [0.2, 0.25) is 0 Å². The Kier molecular flexibility index (Phi) is 4.02. The molecule has 25 heavy (non-hydrogen) atoms. The van der Waals surface area contributed by atoms with Crippen LogP contribution in [0.25, 0.3) is 0 Å². The largest absolute Gasteiger partial charge is 0.472 e. The molecule has 136 valence electrons. The molecular weight excluding hydrogens is 324 g/mol. The number of cyclic esters (lactones) is 1. The highest BCUT2D eigenvalue weighted by Gasteiger charge is 2.62. The first-order valence-electron chi connectivity index (χ1n) is 8.89. The number of hydrogen-bond acceptors (Lipinski definition) is 6. The number of furan rings is 1. The number of carbonyl (C=O) groups is 1.